The molecule has 4 aromatic carbocycles. The molecule has 0 aromatic heterocycles. The van der Waals surface area contributed by atoms with Crippen molar-refractivity contribution in [3.05, 3.63) is 119 Å². The molecular formula is C35H36O11S2. The molecule has 254 valence electrons. The lowest BCUT2D eigenvalue weighted by molar-refractivity contribution is -0.113. The number of carbonyl (C=O) groups excluding carboxylic acids is 2. The lowest BCUT2D eigenvalue weighted by Crippen LogP contribution is -2.19. The van der Waals surface area contributed by atoms with Gasteiger partial charge in [-0.1, -0.05) is 76.2 Å². The van der Waals surface area contributed by atoms with Gasteiger partial charge in [0.15, 0.2) is 6.61 Å². The van der Waals surface area contributed by atoms with Gasteiger partial charge in [-0.25, -0.2) is 9.00 Å². The predicted molar refractivity (Wildman–Crippen MR) is 180 cm³/mol. The summed E-state index contributed by atoms with van der Waals surface area (Å²) in [7, 11) is -4.09. The van der Waals surface area contributed by atoms with Crippen molar-refractivity contribution >= 4 is 32.5 Å². The minimum absolute atomic E-state index is 0.159. The van der Waals surface area contributed by atoms with Crippen LogP contribution in [0.2, 0.25) is 0 Å². The van der Waals surface area contributed by atoms with E-state index in [9.17, 15) is 22.2 Å². The van der Waals surface area contributed by atoms with Crippen LogP contribution in [0.5, 0.6) is 23.0 Å². The Morgan fingerprint density at radius 2 is 0.958 bits per heavy atom. The molecule has 1 atom stereocenters. The number of ether oxygens (including phenoxy) is 4. The van der Waals surface area contributed by atoms with Crippen LogP contribution in [0.25, 0.3) is 0 Å². The monoisotopic (exact) mass is 696 g/mol. The Hall–Kier alpha value is -4.56. The van der Waals surface area contributed by atoms with Crippen LogP contribution < -0.4 is 18.9 Å². The Kier molecular flexibility index (Phi) is 11.4. The van der Waals surface area contributed by atoms with E-state index in [0.29, 0.717) is 23.0 Å². The third kappa shape index (κ3) is 9.73. The summed E-state index contributed by atoms with van der Waals surface area (Å²) in [5.41, 5.74) is 2.98. The minimum Gasteiger partial charge on any atom is -0.492 e. The lowest BCUT2D eigenvalue weighted by atomic mass is 9.78. The van der Waals surface area contributed by atoms with E-state index < -0.39 is 55.7 Å². The van der Waals surface area contributed by atoms with Gasteiger partial charge in [0.05, 0.1) is 0 Å². The summed E-state index contributed by atoms with van der Waals surface area (Å²) in [6, 6.07) is 28.4. The zero-order valence-electron chi connectivity index (χ0n) is 26.7. The van der Waals surface area contributed by atoms with E-state index in [4.69, 9.17) is 28.1 Å². The zero-order chi connectivity index (χ0) is 35.1. The molecule has 0 fully saturated rings. The van der Waals surface area contributed by atoms with Crippen molar-refractivity contribution in [2.75, 3.05) is 19.0 Å². The van der Waals surface area contributed by atoms with Gasteiger partial charge >= 0.3 is 6.16 Å². The number of benzene rings is 4. The molecule has 13 heteroatoms. The molecule has 4 rings (SSSR count). The second kappa shape index (κ2) is 15.1. The maximum atomic E-state index is 12.5. The average molecular weight is 697 g/mol. The molecule has 0 bridgehead atoms. The smallest absolute Gasteiger partial charge is 0.492 e. The van der Waals surface area contributed by atoms with Gasteiger partial charge in [-0.05, 0) is 70.8 Å². The molecule has 0 saturated carbocycles. The number of hydrogen-bond acceptors (Lipinski definition) is 9. The van der Waals surface area contributed by atoms with Crippen molar-refractivity contribution in [2.24, 2.45) is 0 Å². The topological polar surface area (TPSA) is 163 Å². The summed E-state index contributed by atoms with van der Waals surface area (Å²) in [5, 5.41) is -0.920. The summed E-state index contributed by atoms with van der Waals surface area (Å²) >= 11 is -2.58. The quantitative estimate of drug-likeness (QED) is 0.0697. The van der Waals surface area contributed by atoms with Gasteiger partial charge in [0.2, 0.25) is 11.1 Å². The molecule has 1 unspecified atom stereocenters. The molecule has 2 N–H and O–H groups in total. The van der Waals surface area contributed by atoms with Crippen molar-refractivity contribution in [1.29, 1.82) is 0 Å². The first-order chi connectivity index (χ1) is 22.5. The Morgan fingerprint density at radius 1 is 0.625 bits per heavy atom. The third-order valence-corrected chi connectivity index (χ3v) is 9.06. The first kappa shape index (κ1) is 36.3. The highest BCUT2D eigenvalue weighted by molar-refractivity contribution is 7.95. The van der Waals surface area contributed by atoms with Crippen LogP contribution in [0.15, 0.2) is 97.1 Å². The molecule has 0 saturated heterocycles. The largest absolute Gasteiger partial charge is 0.519 e. The van der Waals surface area contributed by atoms with Crippen LogP contribution in [-0.2, 0) is 36.8 Å². The molecular weight excluding hydrogens is 661 g/mol. The summed E-state index contributed by atoms with van der Waals surface area (Å²) in [5.74, 6) is 0.991. The summed E-state index contributed by atoms with van der Waals surface area (Å²) in [6.07, 6.45) is -0.891. The van der Waals surface area contributed by atoms with E-state index in [1.807, 2.05) is 76.2 Å². The molecule has 0 aliphatic rings. The van der Waals surface area contributed by atoms with Crippen LogP contribution in [0.4, 0.5) is 4.79 Å². The molecule has 4 aromatic rings. The Bertz CT molecular complexity index is 1850. The van der Waals surface area contributed by atoms with Gasteiger partial charge in [-0.15, -0.1) is 0 Å². The average Bonchev–Trinajstić information content (AvgIpc) is 3.04. The highest BCUT2D eigenvalue weighted by atomic mass is 32.2. The lowest BCUT2D eigenvalue weighted by Gasteiger charge is -2.26. The van der Waals surface area contributed by atoms with Crippen molar-refractivity contribution in [3.8, 4) is 23.0 Å². The van der Waals surface area contributed by atoms with Crippen molar-refractivity contribution in [3.63, 3.8) is 0 Å². The first-order valence-electron chi connectivity index (χ1n) is 14.7. The highest BCUT2D eigenvalue weighted by Crippen LogP contribution is 2.35. The van der Waals surface area contributed by atoms with E-state index in [1.165, 1.54) is 0 Å². The van der Waals surface area contributed by atoms with Gasteiger partial charge < -0.3 is 18.9 Å². The second-order valence-electron chi connectivity index (χ2n) is 11.8. The first-order valence-corrected chi connectivity index (χ1v) is 17.4. The number of rotatable bonds is 13. The van der Waals surface area contributed by atoms with Crippen LogP contribution in [-0.4, -0.2) is 52.0 Å². The van der Waals surface area contributed by atoms with Crippen LogP contribution in [0.1, 0.15) is 49.9 Å². The maximum Gasteiger partial charge on any atom is 0.519 e. The van der Waals surface area contributed by atoms with Gasteiger partial charge in [-0.3, -0.25) is 13.9 Å². The van der Waals surface area contributed by atoms with E-state index in [2.05, 4.69) is 0 Å². The van der Waals surface area contributed by atoms with Crippen molar-refractivity contribution in [2.45, 2.75) is 38.5 Å². The van der Waals surface area contributed by atoms with Gasteiger partial charge in [0, 0.05) is 10.8 Å². The van der Waals surface area contributed by atoms with Gasteiger partial charge in [0.1, 0.15) is 35.4 Å². The Labute approximate surface area is 281 Å². The third-order valence-electron chi connectivity index (χ3n) is 7.87. The SMILES string of the molecule is CC(C)(c1ccc(OCCS(=O)(=O)O)cc1)c1ccc(OC(=O)Oc2ccc(C(C)(C)c3ccc(OCC(=O)S(=O)O)cc3)cc2)cc1. The van der Waals surface area contributed by atoms with Gasteiger partial charge in [-0.2, -0.15) is 8.42 Å². The summed E-state index contributed by atoms with van der Waals surface area (Å²) in [4.78, 5) is 23.9. The second-order valence-corrected chi connectivity index (χ2v) is 14.4. The minimum atomic E-state index is -4.09. The normalized spacial score (nSPS) is 12.5. The molecule has 11 nitrogen and oxygen atoms in total. The van der Waals surface area contributed by atoms with Crippen molar-refractivity contribution in [1.82, 2.24) is 0 Å². The molecule has 0 radical (unpaired) electrons. The fourth-order valence-corrected chi connectivity index (χ4v) is 5.27. The predicted octanol–water partition coefficient (Wildman–Crippen LogP) is 6.31. The van der Waals surface area contributed by atoms with Crippen LogP contribution >= 0.6 is 0 Å². The molecule has 0 spiro atoms. The van der Waals surface area contributed by atoms with Crippen molar-refractivity contribution < 1.29 is 50.3 Å². The standard InChI is InChI=1S/C35H36O11S2/c1-34(2,24-5-13-28(14-6-24)43-21-22-48(40,41)42)26-9-17-30(18-10-26)45-33(37)46-31-19-11-27(12-20-31)35(3,4)25-7-15-29(16-8-25)44-23-32(36)47(38)39/h5-20H,21-23H2,1-4H3,(H,38,39)(H,40,41,42). The summed E-state index contributed by atoms with van der Waals surface area (Å²) < 4.78 is 71.6. The number of hydrogen-bond donors (Lipinski definition) is 2. The molecule has 0 aliphatic carbocycles. The molecule has 0 heterocycles. The van der Waals surface area contributed by atoms with Gasteiger partial charge in [0.25, 0.3) is 15.2 Å². The summed E-state index contributed by atoms with van der Waals surface area (Å²) in [6.45, 7) is 7.46. The van der Waals surface area contributed by atoms with Crippen LogP contribution in [0.3, 0.4) is 0 Å². The zero-order valence-corrected chi connectivity index (χ0v) is 28.4. The highest BCUT2D eigenvalue weighted by Gasteiger charge is 2.25. The van der Waals surface area contributed by atoms with E-state index in [-0.39, 0.29) is 6.61 Å². The number of carbonyl (C=O) groups is 2. The maximum absolute atomic E-state index is 12.5. The Balaban J connectivity index is 1.32. The fourth-order valence-electron chi connectivity index (χ4n) is 4.82. The molecule has 48 heavy (non-hydrogen) atoms. The van der Waals surface area contributed by atoms with E-state index in [1.54, 1.807) is 48.5 Å². The molecule has 0 amide bonds. The molecule has 0 aliphatic heterocycles. The Morgan fingerprint density at radius 3 is 1.29 bits per heavy atom. The van der Waals surface area contributed by atoms with E-state index in [0.717, 1.165) is 22.3 Å². The van der Waals surface area contributed by atoms with Crippen LogP contribution in [0, 0.1) is 0 Å². The fraction of sp³-hybridized carbons (Fsp3) is 0.257. The van der Waals surface area contributed by atoms with E-state index >= 15 is 0 Å².